The Balaban J connectivity index is 0. The second kappa shape index (κ2) is 15.2. The molecule has 1 aliphatic rings. The average molecular weight is 377 g/mol. The third-order valence-electron chi connectivity index (χ3n) is 0.761. The van der Waals surface area contributed by atoms with Gasteiger partial charge in [0.1, 0.15) is 0 Å². The normalized spacial score (nSPS) is 16.6. The highest BCUT2D eigenvalue weighted by atomic mass is 79.9. The van der Waals surface area contributed by atoms with Crippen LogP contribution in [0.1, 0.15) is 0 Å². The van der Waals surface area contributed by atoms with Crippen molar-refractivity contribution in [3.8, 4) is 12.3 Å². The minimum absolute atomic E-state index is 0.551. The van der Waals surface area contributed by atoms with Crippen LogP contribution in [0.5, 0.6) is 0 Å². The van der Waals surface area contributed by atoms with E-state index in [0.717, 1.165) is 17.3 Å². The van der Waals surface area contributed by atoms with Gasteiger partial charge in [-0.05, 0) is 0 Å². The van der Waals surface area contributed by atoms with Crippen LogP contribution >= 0.6 is 47.8 Å². The molecule has 0 aliphatic carbocycles. The molecule has 1 saturated heterocycles. The largest absolute Gasteiger partial charge is 0.372 e. The highest BCUT2D eigenvalue weighted by Gasteiger charge is 2.19. The van der Waals surface area contributed by atoms with Crippen LogP contribution in [0.2, 0.25) is 0 Å². The van der Waals surface area contributed by atoms with Gasteiger partial charge in [-0.3, -0.25) is 0 Å². The molecule has 0 radical (unpaired) electrons. The van der Waals surface area contributed by atoms with Gasteiger partial charge in [-0.25, -0.2) is 0 Å². The van der Waals surface area contributed by atoms with Crippen LogP contribution in [0.4, 0.5) is 0 Å². The zero-order valence-corrected chi connectivity index (χ0v) is 12.1. The number of terminal acetylenes is 1. The van der Waals surface area contributed by atoms with Gasteiger partial charge in [-0.15, -0.1) is 13.0 Å². The lowest BCUT2D eigenvalue weighted by Gasteiger charge is -1.67. The first-order valence-electron chi connectivity index (χ1n) is 3.60. The summed E-state index contributed by atoms with van der Waals surface area (Å²) in [5.74, 6) is 2.35. The molecular formula is C9H13Br3O. The second-order valence-corrected chi connectivity index (χ2v) is 3.75. The first-order valence-corrected chi connectivity index (χ1v) is 6.97. The molecule has 0 saturated carbocycles. The van der Waals surface area contributed by atoms with E-state index in [0.29, 0.717) is 11.4 Å². The molecule has 1 rings (SSSR count). The summed E-state index contributed by atoms with van der Waals surface area (Å²) in [6.45, 7) is 4.40. The van der Waals surface area contributed by atoms with E-state index >= 15 is 0 Å². The van der Waals surface area contributed by atoms with E-state index in [9.17, 15) is 0 Å². The maximum atomic E-state index is 4.81. The van der Waals surface area contributed by atoms with Gasteiger partial charge in [0.2, 0.25) is 0 Å². The summed E-state index contributed by atoms with van der Waals surface area (Å²) in [6.07, 6.45) is 7.07. The van der Waals surface area contributed by atoms with E-state index in [2.05, 4.69) is 60.3 Å². The third kappa shape index (κ3) is 24.5. The second-order valence-electron chi connectivity index (χ2n) is 1.89. The van der Waals surface area contributed by atoms with Crippen LogP contribution in [-0.4, -0.2) is 28.7 Å². The number of rotatable bonds is 2. The standard InChI is InChI=1S/C3H5BrO.C3H5Br.C3H3Br/c4-1-3-2-5-3;2*1-2-3-4/h3H,1-2H2;2H,1,3H2;1H,3H2. The Kier molecular flexibility index (Phi) is 18.9. The van der Waals surface area contributed by atoms with Crippen molar-refractivity contribution in [1.29, 1.82) is 0 Å². The molecule has 0 bridgehead atoms. The molecular weight excluding hydrogens is 364 g/mol. The summed E-state index contributed by atoms with van der Waals surface area (Å²) in [5.41, 5.74) is 0. The SMILES string of the molecule is BrCC1CO1.C#CCBr.C=CCBr. The molecule has 1 unspecified atom stereocenters. The van der Waals surface area contributed by atoms with Gasteiger partial charge in [0, 0.05) is 10.7 Å². The molecule has 0 aromatic carbocycles. The Morgan fingerprint density at radius 2 is 1.92 bits per heavy atom. The topological polar surface area (TPSA) is 12.5 Å². The van der Waals surface area contributed by atoms with Crippen molar-refractivity contribution in [2.45, 2.75) is 6.10 Å². The smallest absolute Gasteiger partial charge is 0.0906 e. The molecule has 0 N–H and O–H groups in total. The minimum atomic E-state index is 0.551. The molecule has 1 fully saturated rings. The van der Waals surface area contributed by atoms with Crippen LogP contribution in [0, 0.1) is 12.3 Å². The first kappa shape index (κ1) is 16.1. The van der Waals surface area contributed by atoms with Crippen LogP contribution in [0.25, 0.3) is 0 Å². The molecule has 0 spiro atoms. The van der Waals surface area contributed by atoms with E-state index in [4.69, 9.17) is 11.2 Å². The fraction of sp³-hybridized carbons (Fsp3) is 0.556. The van der Waals surface area contributed by atoms with E-state index in [1.165, 1.54) is 0 Å². The zero-order chi connectivity index (χ0) is 10.5. The Morgan fingerprint density at radius 1 is 1.54 bits per heavy atom. The Morgan fingerprint density at radius 3 is 1.92 bits per heavy atom. The van der Waals surface area contributed by atoms with Crippen molar-refractivity contribution in [2.24, 2.45) is 0 Å². The fourth-order valence-corrected chi connectivity index (χ4v) is 0.531. The van der Waals surface area contributed by atoms with Crippen LogP contribution < -0.4 is 0 Å². The lowest BCUT2D eigenvalue weighted by atomic mass is 10.6. The summed E-state index contributed by atoms with van der Waals surface area (Å²) in [4.78, 5) is 0. The fourth-order valence-electron chi connectivity index (χ4n) is 0.157. The Labute approximate surface area is 106 Å². The maximum Gasteiger partial charge on any atom is 0.0906 e. The van der Waals surface area contributed by atoms with Gasteiger partial charge in [0.05, 0.1) is 18.0 Å². The molecule has 76 valence electrons. The number of alkyl halides is 3. The number of epoxide rings is 1. The molecule has 1 aliphatic heterocycles. The van der Waals surface area contributed by atoms with Gasteiger partial charge in [0.15, 0.2) is 0 Å². The predicted octanol–water partition coefficient (Wildman–Crippen LogP) is 3.36. The first-order chi connectivity index (χ1) is 6.26. The van der Waals surface area contributed by atoms with Gasteiger partial charge in [-0.2, -0.15) is 0 Å². The maximum absolute atomic E-state index is 4.81. The van der Waals surface area contributed by atoms with E-state index < -0.39 is 0 Å². The summed E-state index contributed by atoms with van der Waals surface area (Å²) < 4.78 is 4.81. The van der Waals surface area contributed by atoms with Crippen LogP contribution in [-0.2, 0) is 4.74 Å². The van der Waals surface area contributed by atoms with Crippen molar-refractivity contribution in [2.75, 3.05) is 22.6 Å². The minimum Gasteiger partial charge on any atom is -0.372 e. The van der Waals surface area contributed by atoms with E-state index in [1.807, 2.05) is 0 Å². The average Bonchev–Trinajstić information content (AvgIpc) is 3.02. The van der Waals surface area contributed by atoms with Gasteiger partial charge in [0.25, 0.3) is 0 Å². The molecule has 1 nitrogen and oxygen atoms in total. The monoisotopic (exact) mass is 374 g/mol. The highest BCUT2D eigenvalue weighted by Crippen LogP contribution is 2.09. The summed E-state index contributed by atoms with van der Waals surface area (Å²) in [5, 5.41) is 2.56. The number of halogens is 3. The summed E-state index contributed by atoms with van der Waals surface area (Å²) in [7, 11) is 0. The van der Waals surface area contributed by atoms with Crippen molar-refractivity contribution in [3.63, 3.8) is 0 Å². The predicted molar refractivity (Wildman–Crippen MR) is 70.2 cm³/mol. The number of allylic oxidation sites excluding steroid dienone is 1. The van der Waals surface area contributed by atoms with E-state index in [-0.39, 0.29) is 0 Å². The molecule has 1 atom stereocenters. The highest BCUT2D eigenvalue weighted by molar-refractivity contribution is 9.09. The molecule has 13 heavy (non-hydrogen) atoms. The molecule has 1 heterocycles. The van der Waals surface area contributed by atoms with Crippen molar-refractivity contribution < 1.29 is 4.74 Å². The lowest BCUT2D eigenvalue weighted by molar-refractivity contribution is 0.427. The molecule has 0 aromatic heterocycles. The molecule has 4 heteroatoms. The number of hydrogen-bond acceptors (Lipinski definition) is 1. The summed E-state index contributed by atoms with van der Waals surface area (Å²) >= 11 is 9.39. The van der Waals surface area contributed by atoms with Crippen molar-refractivity contribution in [1.82, 2.24) is 0 Å². The van der Waals surface area contributed by atoms with Crippen molar-refractivity contribution in [3.05, 3.63) is 12.7 Å². The third-order valence-corrected chi connectivity index (χ3v) is 2.26. The molecule has 0 amide bonds. The number of ether oxygens (including phenoxy) is 1. The van der Waals surface area contributed by atoms with E-state index in [1.54, 1.807) is 6.08 Å². The van der Waals surface area contributed by atoms with Gasteiger partial charge >= 0.3 is 0 Å². The quantitative estimate of drug-likeness (QED) is 0.311. The van der Waals surface area contributed by atoms with Gasteiger partial charge < -0.3 is 4.74 Å². The Hall–Kier alpha value is 0.700. The Bertz CT molecular complexity index is 138. The zero-order valence-electron chi connectivity index (χ0n) is 7.31. The number of hydrogen-bond donors (Lipinski definition) is 0. The van der Waals surface area contributed by atoms with Gasteiger partial charge in [-0.1, -0.05) is 59.8 Å². The van der Waals surface area contributed by atoms with Crippen LogP contribution in [0.3, 0.4) is 0 Å². The molecule has 0 aromatic rings. The van der Waals surface area contributed by atoms with Crippen molar-refractivity contribution >= 4 is 47.8 Å². The summed E-state index contributed by atoms with van der Waals surface area (Å²) in [6, 6.07) is 0. The lowest BCUT2D eigenvalue weighted by Crippen LogP contribution is -1.79. The van der Waals surface area contributed by atoms with Crippen LogP contribution in [0.15, 0.2) is 12.7 Å².